The number of carbonyl (C=O) groups excluding carboxylic acids is 1. The molecular formula is C21H17FN2O2. The average molecular weight is 348 g/mol. The van der Waals surface area contributed by atoms with Gasteiger partial charge in [0.15, 0.2) is 0 Å². The summed E-state index contributed by atoms with van der Waals surface area (Å²) >= 11 is 0. The summed E-state index contributed by atoms with van der Waals surface area (Å²) in [5, 5.41) is 11.1. The standard InChI is InChI=1S/C21H17FN2O2/c22-17-6-2-1-4-14(17)11-24-18-7-3-5-16(21(23)26)20(18)15-9-8-13(12-25)10-19(15)24/h1-10,25H,11-12H2,(H2,23,26). The van der Waals surface area contributed by atoms with Crippen LogP contribution in [0.3, 0.4) is 0 Å². The fourth-order valence-corrected chi connectivity index (χ4v) is 3.46. The Morgan fingerprint density at radius 1 is 1.04 bits per heavy atom. The number of fused-ring (bicyclic) bond motifs is 3. The van der Waals surface area contributed by atoms with Crippen LogP contribution in [-0.2, 0) is 13.2 Å². The summed E-state index contributed by atoms with van der Waals surface area (Å²) in [6.45, 7) is 0.212. The Kier molecular flexibility index (Phi) is 3.93. The topological polar surface area (TPSA) is 68.2 Å². The van der Waals surface area contributed by atoms with Crippen molar-refractivity contribution in [2.75, 3.05) is 0 Å². The van der Waals surface area contributed by atoms with Crippen LogP contribution in [0.15, 0.2) is 60.7 Å². The van der Waals surface area contributed by atoms with Crippen molar-refractivity contribution >= 4 is 27.7 Å². The van der Waals surface area contributed by atoms with Crippen molar-refractivity contribution in [2.45, 2.75) is 13.2 Å². The second-order valence-corrected chi connectivity index (χ2v) is 6.25. The van der Waals surface area contributed by atoms with Crippen LogP contribution in [0.5, 0.6) is 0 Å². The highest BCUT2D eigenvalue weighted by Crippen LogP contribution is 2.33. The van der Waals surface area contributed by atoms with Gasteiger partial charge < -0.3 is 15.4 Å². The molecule has 0 saturated carbocycles. The number of aromatic nitrogens is 1. The first-order valence-corrected chi connectivity index (χ1v) is 8.28. The van der Waals surface area contributed by atoms with Gasteiger partial charge in [-0.05, 0) is 29.8 Å². The van der Waals surface area contributed by atoms with E-state index in [-0.39, 0.29) is 12.4 Å². The van der Waals surface area contributed by atoms with Gasteiger partial charge in [0.2, 0.25) is 5.91 Å². The lowest BCUT2D eigenvalue weighted by Crippen LogP contribution is -2.11. The number of hydrogen-bond acceptors (Lipinski definition) is 2. The fraction of sp³-hybridized carbons (Fsp3) is 0.0952. The van der Waals surface area contributed by atoms with E-state index in [0.29, 0.717) is 17.7 Å². The lowest BCUT2D eigenvalue weighted by atomic mass is 10.0. The normalized spacial score (nSPS) is 11.3. The zero-order valence-corrected chi connectivity index (χ0v) is 13.9. The Bertz CT molecular complexity index is 1150. The number of nitrogens with zero attached hydrogens (tertiary/aromatic N) is 1. The third-order valence-electron chi connectivity index (χ3n) is 4.69. The molecule has 1 aromatic heterocycles. The highest BCUT2D eigenvalue weighted by Gasteiger charge is 2.17. The lowest BCUT2D eigenvalue weighted by molar-refractivity contribution is 0.100. The molecule has 1 amide bonds. The van der Waals surface area contributed by atoms with E-state index < -0.39 is 5.91 Å². The highest BCUT2D eigenvalue weighted by molar-refractivity contribution is 6.17. The molecule has 0 saturated heterocycles. The predicted octanol–water partition coefficient (Wildman–Crippen LogP) is 3.57. The van der Waals surface area contributed by atoms with Crippen molar-refractivity contribution in [3.63, 3.8) is 0 Å². The molecule has 1 heterocycles. The van der Waals surface area contributed by atoms with Crippen LogP contribution in [0.2, 0.25) is 0 Å². The van der Waals surface area contributed by atoms with E-state index in [4.69, 9.17) is 5.73 Å². The Morgan fingerprint density at radius 3 is 2.58 bits per heavy atom. The van der Waals surface area contributed by atoms with Gasteiger partial charge in [0.05, 0.1) is 18.7 Å². The molecule has 4 aromatic rings. The quantitative estimate of drug-likeness (QED) is 0.592. The number of amides is 1. The molecule has 3 N–H and O–H groups in total. The molecule has 0 radical (unpaired) electrons. The van der Waals surface area contributed by atoms with Crippen LogP contribution >= 0.6 is 0 Å². The largest absolute Gasteiger partial charge is 0.392 e. The molecule has 4 rings (SSSR count). The summed E-state index contributed by atoms with van der Waals surface area (Å²) in [7, 11) is 0. The molecule has 130 valence electrons. The fourth-order valence-electron chi connectivity index (χ4n) is 3.46. The molecule has 0 aliphatic rings. The summed E-state index contributed by atoms with van der Waals surface area (Å²) in [4.78, 5) is 11.9. The van der Waals surface area contributed by atoms with Crippen molar-refractivity contribution in [1.82, 2.24) is 4.57 Å². The van der Waals surface area contributed by atoms with E-state index >= 15 is 0 Å². The maximum atomic E-state index is 14.2. The van der Waals surface area contributed by atoms with E-state index in [2.05, 4.69) is 0 Å². The molecule has 0 fully saturated rings. The summed E-state index contributed by atoms with van der Waals surface area (Å²) in [6, 6.07) is 17.5. The van der Waals surface area contributed by atoms with Crippen molar-refractivity contribution in [3.8, 4) is 0 Å². The molecule has 0 aliphatic carbocycles. The lowest BCUT2D eigenvalue weighted by Gasteiger charge is -2.09. The molecule has 0 aliphatic heterocycles. The Hall–Kier alpha value is -3.18. The molecule has 0 atom stereocenters. The van der Waals surface area contributed by atoms with Crippen LogP contribution in [0.25, 0.3) is 21.8 Å². The maximum absolute atomic E-state index is 14.2. The van der Waals surface area contributed by atoms with Crippen molar-refractivity contribution < 1.29 is 14.3 Å². The SMILES string of the molecule is NC(=O)c1cccc2c1c1ccc(CO)cc1n2Cc1ccccc1F. The number of hydrogen-bond donors (Lipinski definition) is 2. The summed E-state index contributed by atoms with van der Waals surface area (Å²) < 4.78 is 16.2. The molecule has 3 aromatic carbocycles. The van der Waals surface area contributed by atoms with Crippen LogP contribution in [0.1, 0.15) is 21.5 Å². The van der Waals surface area contributed by atoms with Crippen molar-refractivity contribution in [2.24, 2.45) is 5.73 Å². The van der Waals surface area contributed by atoms with Crippen molar-refractivity contribution in [3.05, 3.63) is 83.2 Å². The number of nitrogens with two attached hydrogens (primary N) is 1. The van der Waals surface area contributed by atoms with Crippen molar-refractivity contribution in [1.29, 1.82) is 0 Å². The van der Waals surface area contributed by atoms with Gasteiger partial charge in [0.25, 0.3) is 0 Å². The van der Waals surface area contributed by atoms with E-state index in [1.165, 1.54) is 6.07 Å². The van der Waals surface area contributed by atoms with Gasteiger partial charge in [-0.25, -0.2) is 4.39 Å². The maximum Gasteiger partial charge on any atom is 0.249 e. The molecule has 0 unspecified atom stereocenters. The van der Waals surface area contributed by atoms with E-state index in [0.717, 1.165) is 27.4 Å². The summed E-state index contributed by atoms with van der Waals surface area (Å²) in [5.74, 6) is -0.793. The smallest absolute Gasteiger partial charge is 0.249 e. The number of carbonyl (C=O) groups is 1. The summed E-state index contributed by atoms with van der Waals surface area (Å²) in [5.41, 5.74) is 8.91. The first-order valence-electron chi connectivity index (χ1n) is 8.28. The van der Waals surface area contributed by atoms with Crippen LogP contribution in [-0.4, -0.2) is 15.6 Å². The first kappa shape index (κ1) is 16.3. The number of benzene rings is 3. The zero-order valence-electron chi connectivity index (χ0n) is 13.9. The van der Waals surface area contributed by atoms with E-state index in [1.807, 2.05) is 28.8 Å². The highest BCUT2D eigenvalue weighted by atomic mass is 19.1. The predicted molar refractivity (Wildman–Crippen MR) is 99.4 cm³/mol. The van der Waals surface area contributed by atoms with Gasteiger partial charge >= 0.3 is 0 Å². The molecular weight excluding hydrogens is 331 g/mol. The molecule has 5 heteroatoms. The second kappa shape index (κ2) is 6.28. The van der Waals surface area contributed by atoms with E-state index in [1.54, 1.807) is 30.3 Å². The van der Waals surface area contributed by atoms with Gasteiger partial charge in [0.1, 0.15) is 5.82 Å². The zero-order chi connectivity index (χ0) is 18.3. The molecule has 0 bridgehead atoms. The Balaban J connectivity index is 2.07. The van der Waals surface area contributed by atoms with Crippen LogP contribution in [0, 0.1) is 5.82 Å². The number of aliphatic hydroxyl groups excluding tert-OH is 1. The second-order valence-electron chi connectivity index (χ2n) is 6.25. The van der Waals surface area contributed by atoms with Gasteiger partial charge in [0, 0.05) is 27.4 Å². The molecule has 4 nitrogen and oxygen atoms in total. The minimum atomic E-state index is -0.508. The monoisotopic (exact) mass is 348 g/mol. The summed E-state index contributed by atoms with van der Waals surface area (Å²) in [6.07, 6.45) is 0. The van der Waals surface area contributed by atoms with E-state index in [9.17, 15) is 14.3 Å². The van der Waals surface area contributed by atoms with Gasteiger partial charge in [-0.2, -0.15) is 0 Å². The number of rotatable bonds is 4. The van der Waals surface area contributed by atoms with Crippen LogP contribution in [0.4, 0.5) is 4.39 Å². The van der Waals surface area contributed by atoms with Gasteiger partial charge in [-0.3, -0.25) is 4.79 Å². The molecule has 0 spiro atoms. The average Bonchev–Trinajstić information content (AvgIpc) is 2.96. The minimum Gasteiger partial charge on any atom is -0.392 e. The first-order chi connectivity index (χ1) is 12.6. The Labute approximate surface area is 149 Å². The van der Waals surface area contributed by atoms with Gasteiger partial charge in [-0.15, -0.1) is 0 Å². The van der Waals surface area contributed by atoms with Crippen LogP contribution < -0.4 is 5.73 Å². The number of halogens is 1. The number of primary amides is 1. The molecule has 26 heavy (non-hydrogen) atoms. The Morgan fingerprint density at radius 2 is 1.85 bits per heavy atom. The third kappa shape index (κ3) is 2.53. The number of aliphatic hydroxyl groups is 1. The minimum absolute atomic E-state index is 0.0974. The third-order valence-corrected chi connectivity index (χ3v) is 4.69. The van der Waals surface area contributed by atoms with Gasteiger partial charge in [-0.1, -0.05) is 36.4 Å².